The first kappa shape index (κ1) is 18.1. The first-order valence-corrected chi connectivity index (χ1v) is 8.06. The van der Waals surface area contributed by atoms with Crippen molar-refractivity contribution in [2.45, 2.75) is 46.7 Å². The van der Waals surface area contributed by atoms with Gasteiger partial charge in [0, 0.05) is 25.7 Å². The van der Waals surface area contributed by atoms with Gasteiger partial charge in [-0.15, -0.1) is 0 Å². The lowest BCUT2D eigenvalue weighted by Crippen LogP contribution is -2.42. The molecule has 120 valence electrons. The lowest BCUT2D eigenvalue weighted by molar-refractivity contribution is 0.0957. The molecule has 0 saturated carbocycles. The largest absolute Gasteiger partial charge is 0.383 e. The summed E-state index contributed by atoms with van der Waals surface area (Å²) in [5.74, 6) is 0. The van der Waals surface area contributed by atoms with Crippen LogP contribution >= 0.6 is 0 Å². The van der Waals surface area contributed by atoms with Crippen molar-refractivity contribution in [1.29, 1.82) is 0 Å². The third kappa shape index (κ3) is 5.77. The third-order valence-electron chi connectivity index (χ3n) is 3.95. The Hall–Kier alpha value is -0.900. The predicted molar refractivity (Wildman–Crippen MR) is 90.9 cm³/mol. The summed E-state index contributed by atoms with van der Waals surface area (Å²) >= 11 is 0. The average molecular weight is 292 g/mol. The van der Waals surface area contributed by atoms with E-state index in [0.29, 0.717) is 12.1 Å². The van der Waals surface area contributed by atoms with Crippen molar-refractivity contribution in [2.75, 3.05) is 33.4 Å². The zero-order valence-corrected chi connectivity index (χ0v) is 14.6. The minimum Gasteiger partial charge on any atom is -0.383 e. The molecule has 0 radical (unpaired) electrons. The Kier molecular flexibility index (Phi) is 7.94. The van der Waals surface area contributed by atoms with E-state index in [1.807, 2.05) is 0 Å². The van der Waals surface area contributed by atoms with Gasteiger partial charge in [0.2, 0.25) is 0 Å². The summed E-state index contributed by atoms with van der Waals surface area (Å²) in [6.07, 6.45) is 0. The summed E-state index contributed by atoms with van der Waals surface area (Å²) in [7, 11) is 1.77. The fourth-order valence-corrected chi connectivity index (χ4v) is 2.95. The number of likely N-dealkylation sites (N-methyl/N-ethyl adjacent to an activating group) is 2. The maximum absolute atomic E-state index is 5.31. The highest BCUT2D eigenvalue weighted by molar-refractivity contribution is 5.31. The molecule has 0 saturated heterocycles. The molecule has 0 heterocycles. The highest BCUT2D eigenvalue weighted by Gasteiger charge is 2.19. The van der Waals surface area contributed by atoms with Gasteiger partial charge in [-0.3, -0.25) is 4.90 Å². The molecule has 1 aromatic carbocycles. The molecule has 3 nitrogen and oxygen atoms in total. The number of nitrogens with one attached hydrogen (secondary N) is 1. The minimum absolute atomic E-state index is 0.368. The summed E-state index contributed by atoms with van der Waals surface area (Å²) in [6, 6.07) is 7.64. The van der Waals surface area contributed by atoms with E-state index in [-0.39, 0.29) is 0 Å². The smallest absolute Gasteiger partial charge is 0.0615 e. The van der Waals surface area contributed by atoms with Crippen molar-refractivity contribution in [2.24, 2.45) is 0 Å². The van der Waals surface area contributed by atoms with Gasteiger partial charge in [0.15, 0.2) is 0 Å². The summed E-state index contributed by atoms with van der Waals surface area (Å²) in [5, 5.41) is 3.63. The van der Waals surface area contributed by atoms with Gasteiger partial charge in [-0.1, -0.05) is 43.2 Å². The first-order valence-electron chi connectivity index (χ1n) is 8.06. The third-order valence-corrected chi connectivity index (χ3v) is 3.95. The number of methoxy groups -OCH3 is 1. The topological polar surface area (TPSA) is 24.5 Å². The Labute approximate surface area is 130 Å². The second kappa shape index (κ2) is 9.19. The number of ether oxygens (including phenoxy) is 1. The Morgan fingerprint density at radius 2 is 1.76 bits per heavy atom. The lowest BCUT2D eigenvalue weighted by Gasteiger charge is -2.32. The van der Waals surface area contributed by atoms with E-state index in [9.17, 15) is 0 Å². The van der Waals surface area contributed by atoms with E-state index in [4.69, 9.17) is 4.74 Å². The number of benzene rings is 1. The highest BCUT2D eigenvalue weighted by Crippen LogP contribution is 2.19. The van der Waals surface area contributed by atoms with Gasteiger partial charge in [0.25, 0.3) is 0 Å². The fraction of sp³-hybridized carbons (Fsp3) is 0.667. The second-order valence-electron chi connectivity index (χ2n) is 5.92. The van der Waals surface area contributed by atoms with Gasteiger partial charge in [0.05, 0.1) is 6.61 Å². The van der Waals surface area contributed by atoms with Crippen molar-refractivity contribution in [3.63, 3.8) is 0 Å². The van der Waals surface area contributed by atoms with Crippen molar-refractivity contribution in [3.05, 3.63) is 34.9 Å². The van der Waals surface area contributed by atoms with Gasteiger partial charge in [0.1, 0.15) is 0 Å². The van der Waals surface area contributed by atoms with Crippen LogP contribution in [-0.2, 0) is 4.74 Å². The Morgan fingerprint density at radius 1 is 1.14 bits per heavy atom. The molecule has 3 heteroatoms. The maximum atomic E-state index is 5.31. The number of hydrogen-bond donors (Lipinski definition) is 1. The molecule has 1 aromatic rings. The molecule has 21 heavy (non-hydrogen) atoms. The number of aryl methyl sites for hydroxylation is 2. The lowest BCUT2D eigenvalue weighted by atomic mass is 10.0. The van der Waals surface area contributed by atoms with E-state index in [1.165, 1.54) is 16.7 Å². The Morgan fingerprint density at radius 3 is 2.24 bits per heavy atom. The number of rotatable bonds is 9. The van der Waals surface area contributed by atoms with E-state index < -0.39 is 0 Å². The zero-order chi connectivity index (χ0) is 15.8. The first-order chi connectivity index (χ1) is 10.0. The maximum Gasteiger partial charge on any atom is 0.0615 e. The van der Waals surface area contributed by atoms with Gasteiger partial charge in [-0.2, -0.15) is 0 Å². The summed E-state index contributed by atoms with van der Waals surface area (Å²) in [6.45, 7) is 14.8. The van der Waals surface area contributed by atoms with Crippen LogP contribution in [0.25, 0.3) is 0 Å². The standard InChI is InChI=1S/C18H32N2O/c1-7-19-18(12-20(8-2)16(5)13-21-6)17-10-14(3)9-15(4)11-17/h9-11,16,18-19H,7-8,12-13H2,1-6H3. The Bertz CT molecular complexity index is 399. The molecular formula is C18H32N2O. The van der Waals surface area contributed by atoms with E-state index in [0.717, 1.165) is 26.2 Å². The van der Waals surface area contributed by atoms with Gasteiger partial charge < -0.3 is 10.1 Å². The molecule has 0 amide bonds. The minimum atomic E-state index is 0.368. The van der Waals surface area contributed by atoms with Crippen LogP contribution in [0.3, 0.4) is 0 Å². The average Bonchev–Trinajstić information content (AvgIpc) is 2.42. The number of nitrogens with zero attached hydrogens (tertiary/aromatic N) is 1. The fourth-order valence-electron chi connectivity index (χ4n) is 2.95. The zero-order valence-electron chi connectivity index (χ0n) is 14.6. The molecule has 0 fully saturated rings. The van der Waals surface area contributed by atoms with Crippen molar-refractivity contribution < 1.29 is 4.74 Å². The second-order valence-corrected chi connectivity index (χ2v) is 5.92. The normalized spacial score (nSPS) is 14.4. The van der Waals surface area contributed by atoms with Crippen LogP contribution in [0.15, 0.2) is 18.2 Å². The molecule has 0 aromatic heterocycles. The van der Waals surface area contributed by atoms with Crippen LogP contribution in [0, 0.1) is 13.8 Å². The molecule has 0 bridgehead atoms. The van der Waals surface area contributed by atoms with Crippen LogP contribution in [-0.4, -0.2) is 44.3 Å². The van der Waals surface area contributed by atoms with Crippen LogP contribution in [0.2, 0.25) is 0 Å². The predicted octanol–water partition coefficient (Wildman–Crippen LogP) is 3.31. The molecule has 0 aliphatic heterocycles. The Balaban J connectivity index is 2.89. The van der Waals surface area contributed by atoms with Crippen molar-refractivity contribution in [1.82, 2.24) is 10.2 Å². The van der Waals surface area contributed by atoms with Crippen LogP contribution in [0.4, 0.5) is 0 Å². The molecule has 1 N–H and O–H groups in total. The summed E-state index contributed by atoms with van der Waals surface area (Å²) in [4.78, 5) is 2.48. The molecule has 0 aliphatic rings. The van der Waals surface area contributed by atoms with E-state index in [1.54, 1.807) is 7.11 Å². The molecule has 1 rings (SSSR count). The van der Waals surface area contributed by atoms with Gasteiger partial charge >= 0.3 is 0 Å². The molecule has 2 unspecified atom stereocenters. The number of hydrogen-bond acceptors (Lipinski definition) is 3. The van der Waals surface area contributed by atoms with Crippen LogP contribution in [0.5, 0.6) is 0 Å². The van der Waals surface area contributed by atoms with Crippen molar-refractivity contribution in [3.8, 4) is 0 Å². The van der Waals surface area contributed by atoms with E-state index in [2.05, 4.69) is 63.0 Å². The van der Waals surface area contributed by atoms with Crippen molar-refractivity contribution >= 4 is 0 Å². The molecular weight excluding hydrogens is 260 g/mol. The van der Waals surface area contributed by atoms with Crippen LogP contribution in [0.1, 0.15) is 43.5 Å². The molecule has 0 aliphatic carbocycles. The summed E-state index contributed by atoms with van der Waals surface area (Å²) < 4.78 is 5.31. The van der Waals surface area contributed by atoms with E-state index >= 15 is 0 Å². The van der Waals surface area contributed by atoms with Crippen LogP contribution < -0.4 is 5.32 Å². The molecule has 2 atom stereocenters. The SMILES string of the molecule is CCNC(CN(CC)C(C)COC)c1cc(C)cc(C)c1. The monoisotopic (exact) mass is 292 g/mol. The summed E-state index contributed by atoms with van der Waals surface area (Å²) in [5.41, 5.74) is 4.05. The highest BCUT2D eigenvalue weighted by atomic mass is 16.5. The quantitative estimate of drug-likeness (QED) is 0.756. The van der Waals surface area contributed by atoms with Gasteiger partial charge in [-0.25, -0.2) is 0 Å². The molecule has 0 spiro atoms. The van der Waals surface area contributed by atoms with Gasteiger partial charge in [-0.05, 0) is 39.4 Å².